The van der Waals surface area contributed by atoms with Gasteiger partial charge in [-0.1, -0.05) is 32.0 Å². The summed E-state index contributed by atoms with van der Waals surface area (Å²) < 4.78 is 0. The highest BCUT2D eigenvalue weighted by Gasteiger charge is 2.10. The zero-order chi connectivity index (χ0) is 15.0. The van der Waals surface area contributed by atoms with Gasteiger partial charge in [0.2, 0.25) is 0 Å². The molecule has 0 fully saturated rings. The van der Waals surface area contributed by atoms with E-state index < -0.39 is 5.97 Å². The molecule has 1 rings (SSSR count). The number of amides is 2. The molecule has 5 heteroatoms. The lowest BCUT2D eigenvalue weighted by Gasteiger charge is -2.11. The van der Waals surface area contributed by atoms with Crippen LogP contribution in [0.5, 0.6) is 0 Å². The second kappa shape index (κ2) is 8.19. The summed E-state index contributed by atoms with van der Waals surface area (Å²) >= 11 is 0. The van der Waals surface area contributed by atoms with E-state index in [0.717, 1.165) is 17.7 Å². The Labute approximate surface area is 119 Å². The van der Waals surface area contributed by atoms with Gasteiger partial charge >= 0.3 is 12.0 Å². The summed E-state index contributed by atoms with van der Waals surface area (Å²) in [4.78, 5) is 22.4. The van der Waals surface area contributed by atoms with Crippen molar-refractivity contribution in [1.82, 2.24) is 5.32 Å². The van der Waals surface area contributed by atoms with Gasteiger partial charge in [-0.15, -0.1) is 0 Å². The molecule has 0 bridgehead atoms. The summed E-state index contributed by atoms with van der Waals surface area (Å²) in [6.07, 6.45) is 2.06. The fourth-order valence-electron chi connectivity index (χ4n) is 1.85. The van der Waals surface area contributed by atoms with E-state index in [1.54, 1.807) is 6.92 Å². The number of para-hydroxylation sites is 1. The summed E-state index contributed by atoms with van der Waals surface area (Å²) in [6, 6.07) is 7.40. The Bertz CT molecular complexity index is 460. The number of carbonyl (C=O) groups excluding carboxylic acids is 1. The first-order valence-corrected chi connectivity index (χ1v) is 6.90. The lowest BCUT2D eigenvalue weighted by molar-refractivity contribution is -0.141. The van der Waals surface area contributed by atoms with E-state index in [0.29, 0.717) is 19.4 Å². The number of hydrogen-bond acceptors (Lipinski definition) is 2. The van der Waals surface area contributed by atoms with Gasteiger partial charge in [0.05, 0.1) is 5.92 Å². The number of urea groups is 1. The average Bonchev–Trinajstić information content (AvgIpc) is 2.43. The first-order valence-electron chi connectivity index (χ1n) is 6.90. The van der Waals surface area contributed by atoms with E-state index in [4.69, 9.17) is 5.11 Å². The van der Waals surface area contributed by atoms with Gasteiger partial charge in [0.25, 0.3) is 0 Å². The molecular weight excluding hydrogens is 256 g/mol. The van der Waals surface area contributed by atoms with Crippen molar-refractivity contribution in [3.05, 3.63) is 29.8 Å². The molecule has 20 heavy (non-hydrogen) atoms. The van der Waals surface area contributed by atoms with Crippen LogP contribution in [0.2, 0.25) is 0 Å². The zero-order valence-electron chi connectivity index (χ0n) is 12.0. The molecule has 110 valence electrons. The molecule has 3 N–H and O–H groups in total. The minimum atomic E-state index is -0.800. The third kappa shape index (κ3) is 5.30. The third-order valence-corrected chi connectivity index (χ3v) is 3.17. The van der Waals surface area contributed by atoms with Gasteiger partial charge in [-0.2, -0.15) is 0 Å². The summed E-state index contributed by atoms with van der Waals surface area (Å²) in [7, 11) is 0. The van der Waals surface area contributed by atoms with Crippen molar-refractivity contribution in [3.8, 4) is 0 Å². The van der Waals surface area contributed by atoms with Gasteiger partial charge in [0.1, 0.15) is 0 Å². The zero-order valence-corrected chi connectivity index (χ0v) is 12.0. The maximum absolute atomic E-state index is 11.7. The molecule has 0 aliphatic carbocycles. The van der Waals surface area contributed by atoms with Crippen molar-refractivity contribution < 1.29 is 14.7 Å². The second-order valence-electron chi connectivity index (χ2n) is 4.77. The number of carboxylic acid groups (broad SMARTS) is 1. The smallest absolute Gasteiger partial charge is 0.319 e. The molecule has 0 heterocycles. The maximum atomic E-state index is 11.7. The minimum Gasteiger partial charge on any atom is -0.481 e. The van der Waals surface area contributed by atoms with Crippen LogP contribution in [0.25, 0.3) is 0 Å². The molecule has 1 aromatic carbocycles. The number of aliphatic carboxylic acids is 1. The fourth-order valence-corrected chi connectivity index (χ4v) is 1.85. The topological polar surface area (TPSA) is 78.4 Å². The van der Waals surface area contributed by atoms with Gasteiger partial charge in [-0.05, 0) is 30.9 Å². The quantitative estimate of drug-likeness (QED) is 0.671. The highest BCUT2D eigenvalue weighted by Crippen LogP contribution is 2.15. The van der Waals surface area contributed by atoms with Gasteiger partial charge in [-0.25, -0.2) is 4.79 Å². The van der Waals surface area contributed by atoms with E-state index in [-0.39, 0.29) is 11.9 Å². The van der Waals surface area contributed by atoms with Crippen LogP contribution in [0.15, 0.2) is 24.3 Å². The Morgan fingerprint density at radius 1 is 1.30 bits per heavy atom. The van der Waals surface area contributed by atoms with E-state index in [1.807, 2.05) is 31.2 Å². The van der Waals surface area contributed by atoms with Crippen molar-refractivity contribution >= 4 is 17.7 Å². The first kappa shape index (κ1) is 16.0. The Kier molecular flexibility index (Phi) is 6.56. The Morgan fingerprint density at radius 3 is 2.65 bits per heavy atom. The molecule has 0 aliphatic rings. The number of carbonyl (C=O) groups is 2. The number of carboxylic acids is 1. The second-order valence-corrected chi connectivity index (χ2v) is 4.77. The Morgan fingerprint density at radius 2 is 2.00 bits per heavy atom. The summed E-state index contributed by atoms with van der Waals surface area (Å²) in [5.41, 5.74) is 1.90. The Hall–Kier alpha value is -2.04. The van der Waals surface area contributed by atoms with Gasteiger partial charge < -0.3 is 15.7 Å². The third-order valence-electron chi connectivity index (χ3n) is 3.17. The van der Waals surface area contributed by atoms with Crippen LogP contribution in [0.1, 0.15) is 32.3 Å². The largest absolute Gasteiger partial charge is 0.481 e. The van der Waals surface area contributed by atoms with E-state index >= 15 is 0 Å². The van der Waals surface area contributed by atoms with Crippen LogP contribution in [0.3, 0.4) is 0 Å². The predicted molar refractivity (Wildman–Crippen MR) is 78.9 cm³/mol. The standard InChI is InChI=1S/C15H22N2O3/c1-3-12-8-4-5-9-13(12)17-15(20)16-10-6-7-11(2)14(18)19/h4-5,8-9,11H,3,6-7,10H2,1-2H3,(H,18,19)(H2,16,17,20). The monoisotopic (exact) mass is 278 g/mol. The lowest BCUT2D eigenvalue weighted by Crippen LogP contribution is -2.30. The summed E-state index contributed by atoms with van der Waals surface area (Å²) in [5, 5.41) is 14.3. The van der Waals surface area contributed by atoms with Crippen molar-refractivity contribution in [3.63, 3.8) is 0 Å². The number of rotatable bonds is 7. The highest BCUT2D eigenvalue weighted by molar-refractivity contribution is 5.90. The molecule has 0 spiro atoms. The minimum absolute atomic E-state index is 0.256. The lowest BCUT2D eigenvalue weighted by atomic mass is 10.1. The van der Waals surface area contributed by atoms with Crippen LogP contribution in [-0.4, -0.2) is 23.7 Å². The summed E-state index contributed by atoms with van der Waals surface area (Å²) in [6.45, 7) is 4.17. The van der Waals surface area contributed by atoms with Crippen LogP contribution in [0.4, 0.5) is 10.5 Å². The van der Waals surface area contributed by atoms with Crippen LogP contribution in [-0.2, 0) is 11.2 Å². The number of aryl methyl sites for hydroxylation is 1. The van der Waals surface area contributed by atoms with Crippen LogP contribution < -0.4 is 10.6 Å². The number of nitrogens with one attached hydrogen (secondary N) is 2. The maximum Gasteiger partial charge on any atom is 0.319 e. The average molecular weight is 278 g/mol. The SMILES string of the molecule is CCc1ccccc1NC(=O)NCCCC(C)C(=O)O. The van der Waals surface area contributed by atoms with Gasteiger partial charge in [0, 0.05) is 12.2 Å². The van der Waals surface area contributed by atoms with Gasteiger partial charge in [-0.3, -0.25) is 4.79 Å². The summed E-state index contributed by atoms with van der Waals surface area (Å²) in [5.74, 6) is -1.17. The normalized spacial score (nSPS) is 11.7. The molecule has 0 aliphatic heterocycles. The van der Waals surface area contributed by atoms with Crippen molar-refractivity contribution in [2.24, 2.45) is 5.92 Å². The molecule has 0 radical (unpaired) electrons. The number of anilines is 1. The van der Waals surface area contributed by atoms with E-state index in [1.165, 1.54) is 0 Å². The van der Waals surface area contributed by atoms with Crippen molar-refractivity contribution in [2.45, 2.75) is 33.1 Å². The van der Waals surface area contributed by atoms with Crippen molar-refractivity contribution in [2.75, 3.05) is 11.9 Å². The Balaban J connectivity index is 2.32. The molecule has 0 saturated carbocycles. The molecule has 1 unspecified atom stereocenters. The van der Waals surface area contributed by atoms with Crippen LogP contribution in [0, 0.1) is 5.92 Å². The molecule has 1 atom stereocenters. The van der Waals surface area contributed by atoms with Crippen molar-refractivity contribution in [1.29, 1.82) is 0 Å². The first-order chi connectivity index (χ1) is 9.54. The highest BCUT2D eigenvalue weighted by atomic mass is 16.4. The van der Waals surface area contributed by atoms with E-state index in [9.17, 15) is 9.59 Å². The molecule has 1 aromatic rings. The molecule has 0 aromatic heterocycles. The molecule has 2 amide bonds. The number of hydrogen-bond donors (Lipinski definition) is 3. The molecule has 0 saturated heterocycles. The fraction of sp³-hybridized carbons (Fsp3) is 0.467. The molecular formula is C15H22N2O3. The number of benzene rings is 1. The van der Waals surface area contributed by atoms with Crippen LogP contribution >= 0.6 is 0 Å². The molecule has 5 nitrogen and oxygen atoms in total. The predicted octanol–water partition coefficient (Wildman–Crippen LogP) is 2.87. The van der Waals surface area contributed by atoms with Gasteiger partial charge in [0.15, 0.2) is 0 Å². The van der Waals surface area contributed by atoms with E-state index in [2.05, 4.69) is 10.6 Å².